The van der Waals surface area contributed by atoms with Gasteiger partial charge in [0.2, 0.25) is 17.7 Å². The smallest absolute Gasteiger partial charge is 0.338 e. The number of esters is 1. The maximum absolute atomic E-state index is 12.9. The molecule has 1 saturated carbocycles. The molecule has 2 aromatic carbocycles. The summed E-state index contributed by atoms with van der Waals surface area (Å²) in [5.41, 5.74) is 1.55. The van der Waals surface area contributed by atoms with Gasteiger partial charge in [-0.3, -0.25) is 24.1 Å². The number of imide groups is 1. The fourth-order valence-electron chi connectivity index (χ4n) is 4.35. The second-order valence-corrected chi connectivity index (χ2v) is 9.78. The first-order chi connectivity index (χ1) is 17.1. The Morgan fingerprint density at radius 1 is 0.861 bits per heavy atom. The molecule has 4 atom stereocenters. The van der Waals surface area contributed by atoms with E-state index in [-0.39, 0.29) is 34.0 Å². The van der Waals surface area contributed by atoms with Crippen LogP contribution in [-0.2, 0) is 23.9 Å². The number of nitrogens with zero attached hydrogens (tertiary/aromatic N) is 1. The van der Waals surface area contributed by atoms with E-state index in [1.54, 1.807) is 24.3 Å². The molecule has 2 aliphatic rings. The molecule has 1 aliphatic heterocycles. The summed E-state index contributed by atoms with van der Waals surface area (Å²) in [6, 6.07) is 12.3. The van der Waals surface area contributed by atoms with E-state index in [4.69, 9.17) is 27.9 Å². The number of rotatable bonds is 6. The highest BCUT2D eigenvalue weighted by molar-refractivity contribution is 6.31. The molecule has 0 spiro atoms. The molecule has 1 heterocycles. The lowest BCUT2D eigenvalue weighted by molar-refractivity contribution is -0.122. The second kappa shape index (κ2) is 10.7. The highest BCUT2D eigenvalue weighted by Gasteiger charge is 2.52. The zero-order chi connectivity index (χ0) is 26.0. The van der Waals surface area contributed by atoms with Crippen molar-refractivity contribution in [3.63, 3.8) is 0 Å². The van der Waals surface area contributed by atoms with Gasteiger partial charge in [-0.2, -0.15) is 0 Å². The number of nitrogens with one attached hydrogen (secondary N) is 2. The summed E-state index contributed by atoms with van der Waals surface area (Å²) in [7, 11) is 0. The number of hydrogen-bond acceptors (Lipinski definition) is 6. The number of hydrogen-bond donors (Lipinski definition) is 2. The summed E-state index contributed by atoms with van der Waals surface area (Å²) in [6.45, 7) is 0.875. The van der Waals surface area contributed by atoms with Crippen LogP contribution in [0.15, 0.2) is 48.5 Å². The molecule has 1 saturated heterocycles. The Balaban J connectivity index is 1.32. The van der Waals surface area contributed by atoms with Gasteiger partial charge in [0, 0.05) is 18.3 Å². The number of anilines is 3. The minimum Gasteiger partial charge on any atom is -0.452 e. The maximum atomic E-state index is 12.9. The predicted molar refractivity (Wildman–Crippen MR) is 134 cm³/mol. The molecule has 0 aromatic heterocycles. The van der Waals surface area contributed by atoms with Crippen molar-refractivity contribution in [2.45, 2.75) is 30.5 Å². The number of ether oxygens (including phenoxy) is 1. The van der Waals surface area contributed by atoms with Crippen LogP contribution in [0.5, 0.6) is 0 Å². The molecule has 2 aromatic rings. The molecule has 1 aliphatic carbocycles. The van der Waals surface area contributed by atoms with Gasteiger partial charge in [0.1, 0.15) is 0 Å². The number of benzene rings is 2. The van der Waals surface area contributed by atoms with Crippen LogP contribution in [0.2, 0.25) is 0 Å². The molecule has 11 heteroatoms. The number of alkyl halides is 2. The van der Waals surface area contributed by atoms with E-state index in [1.807, 2.05) is 0 Å². The van der Waals surface area contributed by atoms with Gasteiger partial charge in [-0.1, -0.05) is 0 Å². The monoisotopic (exact) mass is 531 g/mol. The lowest BCUT2D eigenvalue weighted by Crippen LogP contribution is -2.34. The van der Waals surface area contributed by atoms with E-state index >= 15 is 0 Å². The first-order valence-electron chi connectivity index (χ1n) is 11.2. The molecule has 2 N–H and O–H groups in total. The third-order valence-corrected chi connectivity index (χ3v) is 7.19. The van der Waals surface area contributed by atoms with Crippen molar-refractivity contribution in [1.29, 1.82) is 0 Å². The summed E-state index contributed by atoms with van der Waals surface area (Å²) < 4.78 is 5.06. The Labute approximate surface area is 217 Å². The molecule has 0 bridgehead atoms. The quantitative estimate of drug-likeness (QED) is 0.334. The zero-order valence-electron chi connectivity index (χ0n) is 19.2. The van der Waals surface area contributed by atoms with Crippen molar-refractivity contribution in [1.82, 2.24) is 0 Å². The summed E-state index contributed by atoms with van der Waals surface area (Å²) in [5.74, 6) is -3.14. The number of carbonyl (C=O) groups is 5. The van der Waals surface area contributed by atoms with Gasteiger partial charge in [0.05, 0.1) is 33.8 Å². The fraction of sp³-hybridized carbons (Fsp3) is 0.320. The second-order valence-electron chi connectivity index (χ2n) is 8.66. The summed E-state index contributed by atoms with van der Waals surface area (Å²) in [6.07, 6.45) is 0.681. The number of amides is 4. The Bertz CT molecular complexity index is 1170. The molecule has 4 amide bonds. The molecule has 9 nitrogen and oxygen atoms in total. The number of fused-ring (bicyclic) bond motifs is 1. The van der Waals surface area contributed by atoms with Gasteiger partial charge in [0.25, 0.3) is 5.91 Å². The van der Waals surface area contributed by atoms with Gasteiger partial charge in [0.15, 0.2) is 6.61 Å². The summed E-state index contributed by atoms with van der Waals surface area (Å²) in [5, 5.41) is 4.45. The average Bonchev–Trinajstić information content (AvgIpc) is 3.08. The zero-order valence-corrected chi connectivity index (χ0v) is 20.7. The lowest BCUT2D eigenvalue weighted by Gasteiger charge is -2.28. The molecule has 4 rings (SSSR count). The third kappa shape index (κ3) is 5.52. The Kier molecular flexibility index (Phi) is 7.61. The minimum absolute atomic E-state index is 0.157. The van der Waals surface area contributed by atoms with Gasteiger partial charge >= 0.3 is 5.97 Å². The largest absolute Gasteiger partial charge is 0.452 e. The normalized spacial score (nSPS) is 23.1. The average molecular weight is 532 g/mol. The molecular weight excluding hydrogens is 509 g/mol. The van der Waals surface area contributed by atoms with Crippen LogP contribution < -0.4 is 15.5 Å². The van der Waals surface area contributed by atoms with Gasteiger partial charge in [-0.15, -0.1) is 23.2 Å². The topological polar surface area (TPSA) is 122 Å². The highest BCUT2D eigenvalue weighted by atomic mass is 35.5. The van der Waals surface area contributed by atoms with Crippen molar-refractivity contribution in [2.75, 3.05) is 22.1 Å². The van der Waals surface area contributed by atoms with Crippen LogP contribution in [-0.4, -0.2) is 47.0 Å². The molecule has 2 fully saturated rings. The molecule has 188 valence electrons. The first-order valence-corrected chi connectivity index (χ1v) is 12.1. The third-order valence-electron chi connectivity index (χ3n) is 6.10. The SMILES string of the molecule is CC(=O)Nc1ccc(NC(=O)COC(=O)c2ccc(N3C(=O)[C@@H]4C[C@@H](Cl)[C@@H](Cl)C[C@H]4C3=O)cc2)cc1. The van der Waals surface area contributed by atoms with E-state index in [0.29, 0.717) is 29.9 Å². The number of carbonyl (C=O) groups excluding carboxylic acids is 5. The van der Waals surface area contributed by atoms with Crippen LogP contribution in [0.4, 0.5) is 17.1 Å². The van der Waals surface area contributed by atoms with Crippen LogP contribution >= 0.6 is 23.2 Å². The summed E-state index contributed by atoms with van der Waals surface area (Å²) >= 11 is 12.4. The van der Waals surface area contributed by atoms with Gasteiger partial charge in [-0.25, -0.2) is 4.79 Å². The van der Waals surface area contributed by atoms with E-state index in [9.17, 15) is 24.0 Å². The predicted octanol–water partition coefficient (Wildman–Crippen LogP) is 3.55. The maximum Gasteiger partial charge on any atom is 0.338 e. The Hall–Kier alpha value is -3.43. The van der Waals surface area contributed by atoms with Crippen LogP contribution in [0.3, 0.4) is 0 Å². The van der Waals surface area contributed by atoms with E-state index in [0.717, 1.165) is 4.90 Å². The number of halogens is 2. The molecule has 0 unspecified atom stereocenters. The van der Waals surface area contributed by atoms with E-state index in [1.165, 1.54) is 31.2 Å². The minimum atomic E-state index is -0.736. The van der Waals surface area contributed by atoms with Crippen LogP contribution in [0.1, 0.15) is 30.1 Å². The summed E-state index contributed by atoms with van der Waals surface area (Å²) in [4.78, 5) is 62.4. The van der Waals surface area contributed by atoms with Crippen molar-refractivity contribution in [2.24, 2.45) is 11.8 Å². The van der Waals surface area contributed by atoms with Crippen molar-refractivity contribution < 1.29 is 28.7 Å². The Morgan fingerprint density at radius 3 is 1.86 bits per heavy atom. The first kappa shape index (κ1) is 25.7. The highest BCUT2D eigenvalue weighted by Crippen LogP contribution is 2.43. The van der Waals surface area contributed by atoms with Crippen molar-refractivity contribution in [3.05, 3.63) is 54.1 Å². The fourth-order valence-corrected chi connectivity index (χ4v) is 4.94. The van der Waals surface area contributed by atoms with E-state index in [2.05, 4.69) is 10.6 Å². The Morgan fingerprint density at radius 2 is 1.36 bits per heavy atom. The van der Waals surface area contributed by atoms with Crippen LogP contribution in [0.25, 0.3) is 0 Å². The molecular formula is C25H23Cl2N3O6. The molecule has 0 radical (unpaired) electrons. The van der Waals surface area contributed by atoms with Crippen molar-refractivity contribution >= 4 is 69.9 Å². The van der Waals surface area contributed by atoms with Crippen molar-refractivity contribution in [3.8, 4) is 0 Å². The van der Waals surface area contributed by atoms with E-state index < -0.39 is 30.3 Å². The van der Waals surface area contributed by atoms with Gasteiger partial charge in [-0.05, 0) is 61.4 Å². The van der Waals surface area contributed by atoms with Gasteiger partial charge < -0.3 is 15.4 Å². The standard InChI is InChI=1S/C25H23Cl2N3O6/c1-13(31)28-15-4-6-16(7-5-15)29-22(32)12-36-25(35)14-2-8-17(9-3-14)30-23(33)18-10-20(26)21(27)11-19(18)24(30)34/h2-9,18-21H,10-12H2,1H3,(H,28,31)(H,29,32)/t18-,19-,20-,21+/m1/s1. The molecule has 36 heavy (non-hydrogen) atoms. The van der Waals surface area contributed by atoms with Crippen LogP contribution in [0, 0.1) is 11.8 Å². The lowest BCUT2D eigenvalue weighted by atomic mass is 9.80.